The van der Waals surface area contributed by atoms with E-state index >= 15 is 0 Å². The van der Waals surface area contributed by atoms with Gasteiger partial charge in [0.05, 0.1) is 8.07 Å². The van der Waals surface area contributed by atoms with Crippen LogP contribution in [0.4, 0.5) is 0 Å². The lowest BCUT2D eigenvalue weighted by Crippen LogP contribution is -2.52. The minimum absolute atomic E-state index is 0.706. The molecule has 0 aliphatic heterocycles. The van der Waals surface area contributed by atoms with E-state index in [-0.39, 0.29) is 0 Å². The van der Waals surface area contributed by atoms with Crippen LogP contribution >= 0.6 is 0 Å². The smallest absolute Gasteiger partial charge is 0.0797 e. The van der Waals surface area contributed by atoms with Gasteiger partial charge in [0.2, 0.25) is 0 Å². The van der Waals surface area contributed by atoms with Gasteiger partial charge in [0.15, 0.2) is 0 Å². The lowest BCUT2D eigenvalue weighted by Gasteiger charge is -2.42. The van der Waals surface area contributed by atoms with E-state index in [1.807, 2.05) is 0 Å². The quantitative estimate of drug-likeness (QED) is 0.636. The fourth-order valence-corrected chi connectivity index (χ4v) is 9.35. The molecule has 3 rings (SSSR count). The van der Waals surface area contributed by atoms with E-state index < -0.39 is 8.07 Å². The van der Waals surface area contributed by atoms with Crippen molar-refractivity contribution in [2.45, 2.75) is 63.1 Å². The third kappa shape index (κ3) is 2.81. The van der Waals surface area contributed by atoms with Gasteiger partial charge in [0, 0.05) is 0 Å². The van der Waals surface area contributed by atoms with E-state index in [1.165, 1.54) is 38.5 Å². The zero-order valence-corrected chi connectivity index (χ0v) is 14.5. The average molecular weight is 297 g/mol. The maximum Gasteiger partial charge on any atom is 0.0972 e. The Morgan fingerprint density at radius 1 is 1.05 bits per heavy atom. The predicted octanol–water partition coefficient (Wildman–Crippen LogP) is 5.58. The molecular formula is C20H28Si. The summed E-state index contributed by atoms with van der Waals surface area (Å²) in [7, 11) is -1.51. The summed E-state index contributed by atoms with van der Waals surface area (Å²) in [6.07, 6.45) is 15.9. The molecule has 0 nitrogen and oxygen atoms in total. The molecule has 2 aliphatic rings. The normalized spacial score (nSPS) is 25.6. The summed E-state index contributed by atoms with van der Waals surface area (Å²) in [4.78, 5) is 0. The lowest BCUT2D eigenvalue weighted by molar-refractivity contribution is 0.492. The van der Waals surface area contributed by atoms with Crippen LogP contribution < -0.4 is 5.19 Å². The van der Waals surface area contributed by atoms with Gasteiger partial charge < -0.3 is 0 Å². The number of rotatable bonds is 4. The summed E-state index contributed by atoms with van der Waals surface area (Å²) in [5.74, 6) is 0. The Kier molecular flexibility index (Phi) is 4.49. The van der Waals surface area contributed by atoms with Crippen molar-refractivity contribution < 1.29 is 0 Å². The lowest BCUT2D eigenvalue weighted by atomic mass is 10.0. The molecule has 1 fully saturated rings. The predicted molar refractivity (Wildman–Crippen MR) is 95.8 cm³/mol. The van der Waals surface area contributed by atoms with E-state index in [1.54, 1.807) is 10.8 Å². The monoisotopic (exact) mass is 296 g/mol. The van der Waals surface area contributed by atoms with Crippen LogP contribution in [-0.2, 0) is 0 Å². The molecule has 112 valence electrons. The molecular weight excluding hydrogens is 268 g/mol. The maximum absolute atomic E-state index is 2.66. The average Bonchev–Trinajstić information content (AvgIpc) is 3.05. The van der Waals surface area contributed by atoms with E-state index in [2.05, 4.69) is 62.0 Å². The van der Waals surface area contributed by atoms with Gasteiger partial charge in [-0.15, -0.1) is 0 Å². The highest BCUT2D eigenvalue weighted by molar-refractivity contribution is 6.94. The third-order valence-electron chi connectivity index (χ3n) is 5.86. The number of allylic oxidation sites excluding steroid dienone is 4. The molecule has 0 bridgehead atoms. The van der Waals surface area contributed by atoms with Crippen LogP contribution in [0.2, 0.25) is 17.6 Å². The summed E-state index contributed by atoms with van der Waals surface area (Å²) >= 11 is 0. The molecule has 0 spiro atoms. The molecule has 0 heterocycles. The SMILES string of the molecule is CCC1=CC([Si](C)(c2ccccc2)C2CCCCC2)C=C1. The van der Waals surface area contributed by atoms with Crippen molar-refractivity contribution in [3.8, 4) is 0 Å². The first-order chi connectivity index (χ1) is 10.2. The summed E-state index contributed by atoms with van der Waals surface area (Å²) in [5, 5.41) is 1.67. The second-order valence-electron chi connectivity index (χ2n) is 6.96. The molecule has 21 heavy (non-hydrogen) atoms. The van der Waals surface area contributed by atoms with Gasteiger partial charge in [-0.05, 0) is 17.5 Å². The highest BCUT2D eigenvalue weighted by atomic mass is 28.3. The van der Waals surface area contributed by atoms with Crippen molar-refractivity contribution in [3.05, 3.63) is 54.1 Å². The van der Waals surface area contributed by atoms with Crippen LogP contribution in [-0.4, -0.2) is 8.07 Å². The standard InChI is InChI=1S/C20H28Si/c1-3-17-14-15-20(16-17)21(2,18-10-6-4-7-11-18)19-12-8-5-9-13-19/h4,6-7,10-11,14-16,19-20H,3,5,8-9,12-13H2,1-2H3. The largest absolute Gasteiger partial charge is 0.0972 e. The molecule has 0 radical (unpaired) electrons. The summed E-state index contributed by atoms with van der Waals surface area (Å²) in [6, 6.07) is 11.5. The van der Waals surface area contributed by atoms with E-state index in [0.717, 1.165) is 5.54 Å². The fraction of sp³-hybridized carbons (Fsp3) is 0.500. The molecule has 1 saturated carbocycles. The number of benzene rings is 1. The second kappa shape index (κ2) is 6.35. The van der Waals surface area contributed by atoms with Gasteiger partial charge in [-0.25, -0.2) is 0 Å². The molecule has 1 aromatic carbocycles. The maximum atomic E-state index is 2.66. The Labute approximate surface area is 131 Å². The third-order valence-corrected chi connectivity index (χ3v) is 11.5. The van der Waals surface area contributed by atoms with Gasteiger partial charge >= 0.3 is 0 Å². The minimum Gasteiger partial charge on any atom is -0.0797 e. The first-order valence-electron chi connectivity index (χ1n) is 8.69. The molecule has 0 saturated heterocycles. The first kappa shape index (κ1) is 14.8. The molecule has 1 aromatic rings. The molecule has 2 unspecified atom stereocenters. The summed E-state index contributed by atoms with van der Waals surface area (Å²) < 4.78 is 0. The zero-order chi connectivity index (χ0) is 14.7. The van der Waals surface area contributed by atoms with Gasteiger partial charge in [-0.1, -0.05) is 105 Å². The molecule has 1 heteroatoms. The van der Waals surface area contributed by atoms with Crippen molar-refractivity contribution in [2.24, 2.45) is 0 Å². The van der Waals surface area contributed by atoms with Crippen LogP contribution in [0.5, 0.6) is 0 Å². The topological polar surface area (TPSA) is 0 Å². The van der Waals surface area contributed by atoms with E-state index in [9.17, 15) is 0 Å². The molecule has 2 atom stereocenters. The van der Waals surface area contributed by atoms with Crippen LogP contribution in [0.3, 0.4) is 0 Å². The van der Waals surface area contributed by atoms with Crippen LogP contribution in [0.15, 0.2) is 54.1 Å². The van der Waals surface area contributed by atoms with Crippen LogP contribution in [0, 0.1) is 0 Å². The van der Waals surface area contributed by atoms with Crippen molar-refractivity contribution in [1.29, 1.82) is 0 Å². The van der Waals surface area contributed by atoms with Crippen LogP contribution in [0.25, 0.3) is 0 Å². The minimum atomic E-state index is -1.51. The Morgan fingerprint density at radius 2 is 1.76 bits per heavy atom. The molecule has 2 aliphatic carbocycles. The van der Waals surface area contributed by atoms with Gasteiger partial charge in [-0.3, -0.25) is 0 Å². The molecule has 0 N–H and O–H groups in total. The first-order valence-corrected chi connectivity index (χ1v) is 11.3. The van der Waals surface area contributed by atoms with Crippen molar-refractivity contribution in [1.82, 2.24) is 0 Å². The number of hydrogen-bond acceptors (Lipinski definition) is 0. The Morgan fingerprint density at radius 3 is 2.38 bits per heavy atom. The van der Waals surface area contributed by atoms with Crippen LogP contribution in [0.1, 0.15) is 45.4 Å². The Balaban J connectivity index is 1.99. The summed E-state index contributed by atoms with van der Waals surface area (Å²) in [5.41, 5.74) is 3.21. The zero-order valence-electron chi connectivity index (χ0n) is 13.5. The van der Waals surface area contributed by atoms with Gasteiger partial charge in [0.25, 0.3) is 0 Å². The molecule has 0 aromatic heterocycles. The highest BCUT2D eigenvalue weighted by Gasteiger charge is 2.44. The van der Waals surface area contributed by atoms with Crippen molar-refractivity contribution in [3.63, 3.8) is 0 Å². The summed E-state index contributed by atoms with van der Waals surface area (Å²) in [6.45, 7) is 4.93. The van der Waals surface area contributed by atoms with Crippen molar-refractivity contribution in [2.75, 3.05) is 0 Å². The van der Waals surface area contributed by atoms with Crippen molar-refractivity contribution >= 4 is 13.3 Å². The number of hydrogen-bond donors (Lipinski definition) is 0. The van der Waals surface area contributed by atoms with E-state index in [0.29, 0.717) is 5.54 Å². The highest BCUT2D eigenvalue weighted by Crippen LogP contribution is 2.45. The second-order valence-corrected chi connectivity index (χ2v) is 11.6. The van der Waals surface area contributed by atoms with Gasteiger partial charge in [0.1, 0.15) is 0 Å². The Hall–Kier alpha value is -1.08. The van der Waals surface area contributed by atoms with Gasteiger partial charge in [-0.2, -0.15) is 0 Å². The van der Waals surface area contributed by atoms with E-state index in [4.69, 9.17) is 0 Å². The Bertz CT molecular complexity index is 522. The fourth-order valence-electron chi connectivity index (χ4n) is 4.38. The molecule has 0 amide bonds.